The fourth-order valence-electron chi connectivity index (χ4n) is 4.88. The first-order valence-corrected chi connectivity index (χ1v) is 12.5. The van der Waals surface area contributed by atoms with Crippen LogP contribution in [0.3, 0.4) is 0 Å². The van der Waals surface area contributed by atoms with E-state index >= 15 is 0 Å². The van der Waals surface area contributed by atoms with Crippen LogP contribution in [0.5, 0.6) is 11.5 Å². The number of benzene rings is 3. The highest BCUT2D eigenvalue weighted by Gasteiger charge is 2.31. The number of amides is 1. The average Bonchev–Trinajstić information content (AvgIpc) is 2.95. The van der Waals surface area contributed by atoms with E-state index in [9.17, 15) is 18.0 Å². The van der Waals surface area contributed by atoms with Crippen molar-refractivity contribution in [3.63, 3.8) is 0 Å². The molecule has 0 saturated carbocycles. The molecule has 5 rings (SSSR count). The summed E-state index contributed by atoms with van der Waals surface area (Å²) < 4.78 is 50.5. The molecule has 0 aliphatic carbocycles. The van der Waals surface area contributed by atoms with Crippen molar-refractivity contribution in [1.82, 2.24) is 9.88 Å². The Hall–Kier alpha value is -4.27. The summed E-state index contributed by atoms with van der Waals surface area (Å²) in [6, 6.07) is 18.3. The van der Waals surface area contributed by atoms with Crippen LogP contribution in [0, 0.1) is 6.92 Å². The highest BCUT2D eigenvalue weighted by atomic mass is 19.4. The predicted molar refractivity (Wildman–Crippen MR) is 145 cm³/mol. The summed E-state index contributed by atoms with van der Waals surface area (Å²) in [5.41, 5.74) is 3.34. The number of alkyl halides is 3. The molecule has 1 aliphatic heterocycles. The van der Waals surface area contributed by atoms with Gasteiger partial charge in [0.2, 0.25) is 0 Å². The number of rotatable bonds is 5. The zero-order valence-electron chi connectivity index (χ0n) is 21.9. The Morgan fingerprint density at radius 1 is 0.897 bits per heavy atom. The molecule has 0 unspecified atom stereocenters. The molecule has 1 aliphatic rings. The topological polar surface area (TPSA) is 54.9 Å². The van der Waals surface area contributed by atoms with E-state index in [1.807, 2.05) is 42.2 Å². The molecule has 4 aromatic rings. The van der Waals surface area contributed by atoms with E-state index in [0.29, 0.717) is 60.1 Å². The van der Waals surface area contributed by atoms with Gasteiger partial charge in [0.25, 0.3) is 5.91 Å². The Labute approximate surface area is 224 Å². The Balaban J connectivity index is 1.46. The lowest BCUT2D eigenvalue weighted by molar-refractivity contribution is -0.137. The smallest absolute Gasteiger partial charge is 0.416 e. The van der Waals surface area contributed by atoms with E-state index in [0.717, 1.165) is 28.6 Å². The first-order valence-electron chi connectivity index (χ1n) is 12.5. The van der Waals surface area contributed by atoms with Gasteiger partial charge >= 0.3 is 6.18 Å². The number of aromatic nitrogens is 1. The van der Waals surface area contributed by atoms with E-state index in [1.165, 1.54) is 6.07 Å². The highest BCUT2D eigenvalue weighted by Crippen LogP contribution is 2.35. The van der Waals surface area contributed by atoms with Gasteiger partial charge in [-0.2, -0.15) is 13.2 Å². The second kappa shape index (κ2) is 10.5. The zero-order valence-corrected chi connectivity index (χ0v) is 21.9. The lowest BCUT2D eigenvalue weighted by Crippen LogP contribution is -2.48. The zero-order chi connectivity index (χ0) is 27.7. The highest BCUT2D eigenvalue weighted by molar-refractivity contribution is 6.07. The molecule has 3 aromatic carbocycles. The second-order valence-electron chi connectivity index (χ2n) is 9.47. The minimum atomic E-state index is -4.40. The first-order chi connectivity index (χ1) is 18.7. The molecule has 39 heavy (non-hydrogen) atoms. The number of nitrogens with zero attached hydrogens (tertiary/aromatic N) is 3. The number of aryl methyl sites for hydroxylation is 1. The number of fused-ring (bicyclic) bond motifs is 1. The molecule has 9 heteroatoms. The van der Waals surface area contributed by atoms with Gasteiger partial charge in [0, 0.05) is 48.9 Å². The lowest BCUT2D eigenvalue weighted by atomic mass is 10.0. The van der Waals surface area contributed by atoms with Gasteiger partial charge in [-0.25, -0.2) is 4.98 Å². The number of pyridine rings is 1. The van der Waals surface area contributed by atoms with Crippen molar-refractivity contribution < 1.29 is 27.4 Å². The van der Waals surface area contributed by atoms with Crippen LogP contribution in [-0.2, 0) is 6.18 Å². The number of piperazine rings is 1. The number of hydrogen-bond acceptors (Lipinski definition) is 5. The number of halogens is 3. The van der Waals surface area contributed by atoms with E-state index in [-0.39, 0.29) is 5.91 Å². The van der Waals surface area contributed by atoms with Crippen molar-refractivity contribution in [1.29, 1.82) is 0 Å². The van der Waals surface area contributed by atoms with Crippen molar-refractivity contribution in [3.05, 3.63) is 83.4 Å². The maximum absolute atomic E-state index is 13.9. The van der Waals surface area contributed by atoms with E-state index in [2.05, 4.69) is 0 Å². The SMILES string of the molecule is COc1ccc(-c2cc(C(=O)N3CCN(c4cccc(C(F)(F)F)c4)CC3)c3cc(C)ccc3n2)c(OC)c1. The van der Waals surface area contributed by atoms with Crippen molar-refractivity contribution in [2.24, 2.45) is 0 Å². The first kappa shape index (κ1) is 26.3. The van der Waals surface area contributed by atoms with Gasteiger partial charge in [-0.3, -0.25) is 4.79 Å². The molecular weight excluding hydrogens is 507 g/mol. The van der Waals surface area contributed by atoms with E-state index < -0.39 is 11.7 Å². The molecule has 0 radical (unpaired) electrons. The Morgan fingerprint density at radius 3 is 2.36 bits per heavy atom. The van der Waals surface area contributed by atoms with Crippen LogP contribution in [0.1, 0.15) is 21.5 Å². The fraction of sp³-hybridized carbons (Fsp3) is 0.267. The van der Waals surface area contributed by atoms with E-state index in [4.69, 9.17) is 14.5 Å². The summed E-state index contributed by atoms with van der Waals surface area (Å²) in [6.45, 7) is 3.57. The third-order valence-corrected chi connectivity index (χ3v) is 6.98. The molecule has 6 nitrogen and oxygen atoms in total. The summed E-state index contributed by atoms with van der Waals surface area (Å²) in [6.07, 6.45) is -4.40. The molecule has 202 valence electrons. The number of ether oxygens (including phenoxy) is 2. The monoisotopic (exact) mass is 535 g/mol. The Kier molecular flexibility index (Phi) is 7.08. The molecule has 1 fully saturated rings. The van der Waals surface area contributed by atoms with Crippen LogP contribution in [0.15, 0.2) is 66.7 Å². The number of carbonyl (C=O) groups is 1. The molecule has 0 atom stereocenters. The van der Waals surface area contributed by atoms with Gasteiger partial charge in [0.05, 0.1) is 36.6 Å². The normalized spacial score (nSPS) is 14.0. The molecule has 1 amide bonds. The Bertz CT molecular complexity index is 1530. The van der Waals surface area contributed by atoms with Crippen LogP contribution >= 0.6 is 0 Å². The maximum Gasteiger partial charge on any atom is 0.416 e. The molecular formula is C30H28F3N3O3. The largest absolute Gasteiger partial charge is 0.497 e. The van der Waals surface area contributed by atoms with Gasteiger partial charge in [-0.1, -0.05) is 17.7 Å². The van der Waals surface area contributed by atoms with Crippen LogP contribution < -0.4 is 14.4 Å². The van der Waals surface area contributed by atoms with Crippen molar-refractivity contribution in [2.45, 2.75) is 13.1 Å². The van der Waals surface area contributed by atoms with Crippen molar-refractivity contribution in [2.75, 3.05) is 45.3 Å². The fourth-order valence-corrected chi connectivity index (χ4v) is 4.88. The standard InChI is InChI=1S/C30H28F3N3O3/c1-19-7-10-26-24(15-19)25(18-27(34-26)23-9-8-22(38-2)17-28(23)39-3)29(37)36-13-11-35(12-14-36)21-6-4-5-20(16-21)30(31,32)33/h4-10,15-18H,11-14H2,1-3H3. The molecule has 0 spiro atoms. The minimum absolute atomic E-state index is 0.148. The molecule has 1 saturated heterocycles. The van der Waals surface area contributed by atoms with Gasteiger partial charge in [0.1, 0.15) is 11.5 Å². The lowest BCUT2D eigenvalue weighted by Gasteiger charge is -2.36. The van der Waals surface area contributed by atoms with Gasteiger partial charge in [0.15, 0.2) is 0 Å². The summed E-state index contributed by atoms with van der Waals surface area (Å²) in [5, 5.41) is 0.747. The number of anilines is 1. The number of methoxy groups -OCH3 is 2. The van der Waals surface area contributed by atoms with Crippen molar-refractivity contribution in [3.8, 4) is 22.8 Å². The average molecular weight is 536 g/mol. The van der Waals surface area contributed by atoms with Crippen molar-refractivity contribution >= 4 is 22.5 Å². The third-order valence-electron chi connectivity index (χ3n) is 6.98. The van der Waals surface area contributed by atoms with Gasteiger partial charge in [-0.15, -0.1) is 0 Å². The Morgan fingerprint density at radius 2 is 1.67 bits per heavy atom. The predicted octanol–water partition coefficient (Wildman–Crippen LogP) is 6.21. The quantitative estimate of drug-likeness (QED) is 0.304. The van der Waals surface area contributed by atoms with Crippen LogP contribution in [0.25, 0.3) is 22.2 Å². The summed E-state index contributed by atoms with van der Waals surface area (Å²) >= 11 is 0. The second-order valence-corrected chi connectivity index (χ2v) is 9.47. The third kappa shape index (κ3) is 5.34. The minimum Gasteiger partial charge on any atom is -0.497 e. The summed E-state index contributed by atoms with van der Waals surface area (Å²) in [4.78, 5) is 22.3. The summed E-state index contributed by atoms with van der Waals surface area (Å²) in [5.74, 6) is 1.06. The molecule has 2 heterocycles. The van der Waals surface area contributed by atoms with Crippen LogP contribution in [0.4, 0.5) is 18.9 Å². The van der Waals surface area contributed by atoms with Gasteiger partial charge in [-0.05, 0) is 55.5 Å². The number of hydrogen-bond donors (Lipinski definition) is 0. The maximum atomic E-state index is 13.9. The van der Waals surface area contributed by atoms with Crippen LogP contribution in [-0.4, -0.2) is 56.2 Å². The molecule has 0 bridgehead atoms. The molecule has 0 N–H and O–H groups in total. The molecule has 1 aromatic heterocycles. The van der Waals surface area contributed by atoms with E-state index in [1.54, 1.807) is 37.3 Å². The van der Waals surface area contributed by atoms with Gasteiger partial charge < -0.3 is 19.3 Å². The number of carbonyl (C=O) groups excluding carboxylic acids is 1. The summed E-state index contributed by atoms with van der Waals surface area (Å²) in [7, 11) is 3.15. The van der Waals surface area contributed by atoms with Crippen LogP contribution in [0.2, 0.25) is 0 Å².